The van der Waals surface area contributed by atoms with Crippen molar-refractivity contribution in [2.75, 3.05) is 0 Å². The Morgan fingerprint density at radius 3 is 2.56 bits per heavy atom. The molecular weight excluding hydrogens is 108 g/mol. The van der Waals surface area contributed by atoms with Gasteiger partial charge in [-0.2, -0.15) is 0 Å². The zero-order chi connectivity index (χ0) is 6.85. The molecule has 50 valence electrons. The monoisotopic (exact) mass is 122 g/mol. The second-order valence-electron chi connectivity index (χ2n) is 2.85. The van der Waals surface area contributed by atoms with E-state index in [1.54, 1.807) is 5.57 Å². The highest BCUT2D eigenvalue weighted by Crippen LogP contribution is 2.31. The van der Waals surface area contributed by atoms with Crippen LogP contribution >= 0.6 is 0 Å². The topological polar surface area (TPSA) is 0 Å². The molecule has 0 heteroatoms. The standard InChI is InChI=1S/C9H14/c1-4-9-6-5-7(2)8(9)3/h4,7H,1,5-6H2,2-3H3. The highest BCUT2D eigenvalue weighted by atomic mass is 14.2. The van der Waals surface area contributed by atoms with E-state index in [4.69, 9.17) is 0 Å². The predicted molar refractivity (Wildman–Crippen MR) is 41.3 cm³/mol. The lowest BCUT2D eigenvalue weighted by Gasteiger charge is -2.00. The summed E-state index contributed by atoms with van der Waals surface area (Å²) in [5, 5.41) is 0. The summed E-state index contributed by atoms with van der Waals surface area (Å²) in [6.07, 6.45) is 4.57. The number of hydrogen-bond acceptors (Lipinski definition) is 0. The van der Waals surface area contributed by atoms with E-state index in [9.17, 15) is 0 Å². The number of hydrogen-bond donors (Lipinski definition) is 0. The first-order valence-corrected chi connectivity index (χ1v) is 3.57. The van der Waals surface area contributed by atoms with Gasteiger partial charge in [0, 0.05) is 0 Å². The SMILES string of the molecule is C=CC1=C(C)C(C)CC1. The van der Waals surface area contributed by atoms with Crippen molar-refractivity contribution in [3.63, 3.8) is 0 Å². The van der Waals surface area contributed by atoms with E-state index in [2.05, 4.69) is 20.4 Å². The zero-order valence-corrected chi connectivity index (χ0v) is 6.28. The van der Waals surface area contributed by atoms with Crippen LogP contribution in [-0.2, 0) is 0 Å². The van der Waals surface area contributed by atoms with Gasteiger partial charge in [0.1, 0.15) is 0 Å². The summed E-state index contributed by atoms with van der Waals surface area (Å²) in [7, 11) is 0. The third kappa shape index (κ3) is 1.07. The van der Waals surface area contributed by atoms with Crippen molar-refractivity contribution in [1.82, 2.24) is 0 Å². The second kappa shape index (κ2) is 2.38. The van der Waals surface area contributed by atoms with Crippen molar-refractivity contribution in [2.45, 2.75) is 26.7 Å². The van der Waals surface area contributed by atoms with Crippen molar-refractivity contribution in [3.05, 3.63) is 23.8 Å². The fourth-order valence-corrected chi connectivity index (χ4v) is 1.37. The Labute approximate surface area is 57.3 Å². The lowest BCUT2D eigenvalue weighted by atomic mass is 10.1. The molecule has 1 aliphatic rings. The molecule has 0 N–H and O–H groups in total. The minimum atomic E-state index is 0.804. The van der Waals surface area contributed by atoms with Crippen LogP contribution in [0.3, 0.4) is 0 Å². The quantitative estimate of drug-likeness (QED) is 0.501. The lowest BCUT2D eigenvalue weighted by molar-refractivity contribution is 0.669. The molecule has 0 amide bonds. The fourth-order valence-electron chi connectivity index (χ4n) is 1.37. The van der Waals surface area contributed by atoms with Crippen molar-refractivity contribution < 1.29 is 0 Å². The first-order valence-electron chi connectivity index (χ1n) is 3.57. The summed E-state index contributed by atoms with van der Waals surface area (Å²) < 4.78 is 0. The summed E-state index contributed by atoms with van der Waals surface area (Å²) >= 11 is 0. The summed E-state index contributed by atoms with van der Waals surface area (Å²) in [6, 6.07) is 0. The van der Waals surface area contributed by atoms with E-state index >= 15 is 0 Å². The van der Waals surface area contributed by atoms with Crippen molar-refractivity contribution in [3.8, 4) is 0 Å². The van der Waals surface area contributed by atoms with E-state index in [0.29, 0.717) is 0 Å². The molecule has 0 aromatic carbocycles. The van der Waals surface area contributed by atoms with E-state index in [-0.39, 0.29) is 0 Å². The van der Waals surface area contributed by atoms with Crippen LogP contribution in [0.1, 0.15) is 26.7 Å². The molecule has 0 saturated heterocycles. The van der Waals surface area contributed by atoms with Gasteiger partial charge in [-0.15, -0.1) is 0 Å². The van der Waals surface area contributed by atoms with Crippen LogP contribution in [0.25, 0.3) is 0 Å². The molecule has 1 unspecified atom stereocenters. The molecule has 1 aliphatic carbocycles. The largest absolute Gasteiger partial charge is 0.0988 e. The van der Waals surface area contributed by atoms with Crippen molar-refractivity contribution >= 4 is 0 Å². The van der Waals surface area contributed by atoms with Gasteiger partial charge in [-0.25, -0.2) is 0 Å². The van der Waals surface area contributed by atoms with E-state index < -0.39 is 0 Å². The minimum absolute atomic E-state index is 0.804. The third-order valence-electron chi connectivity index (χ3n) is 2.34. The molecule has 0 radical (unpaired) electrons. The molecule has 0 heterocycles. The first-order chi connectivity index (χ1) is 4.25. The number of allylic oxidation sites excluding steroid dienone is 3. The van der Waals surface area contributed by atoms with Crippen LogP contribution in [0.5, 0.6) is 0 Å². The lowest BCUT2D eigenvalue weighted by Crippen LogP contribution is -1.86. The number of rotatable bonds is 1. The van der Waals surface area contributed by atoms with Crippen LogP contribution in [0, 0.1) is 5.92 Å². The Balaban J connectivity index is 2.79. The summed E-state index contributed by atoms with van der Waals surface area (Å²) in [4.78, 5) is 0. The smallest absolute Gasteiger partial charge is 0.0225 e. The molecule has 0 aromatic heterocycles. The minimum Gasteiger partial charge on any atom is -0.0988 e. The molecular formula is C9H14. The average Bonchev–Trinajstić information content (AvgIpc) is 2.15. The van der Waals surface area contributed by atoms with Gasteiger partial charge >= 0.3 is 0 Å². The molecule has 0 aromatic rings. The van der Waals surface area contributed by atoms with Crippen LogP contribution < -0.4 is 0 Å². The van der Waals surface area contributed by atoms with Gasteiger partial charge in [-0.1, -0.05) is 25.2 Å². The Morgan fingerprint density at radius 2 is 2.33 bits per heavy atom. The van der Waals surface area contributed by atoms with Gasteiger partial charge in [0.2, 0.25) is 0 Å². The van der Waals surface area contributed by atoms with Gasteiger partial charge in [0.05, 0.1) is 0 Å². The van der Waals surface area contributed by atoms with Gasteiger partial charge in [0.25, 0.3) is 0 Å². The van der Waals surface area contributed by atoms with Gasteiger partial charge in [0.15, 0.2) is 0 Å². The third-order valence-corrected chi connectivity index (χ3v) is 2.34. The van der Waals surface area contributed by atoms with Gasteiger partial charge < -0.3 is 0 Å². The van der Waals surface area contributed by atoms with Crippen LogP contribution in [0.2, 0.25) is 0 Å². The summed E-state index contributed by atoms with van der Waals surface area (Å²) in [6.45, 7) is 8.27. The first kappa shape index (κ1) is 6.60. The highest BCUT2D eigenvalue weighted by molar-refractivity contribution is 5.28. The maximum atomic E-state index is 3.77. The Morgan fingerprint density at radius 1 is 1.67 bits per heavy atom. The molecule has 9 heavy (non-hydrogen) atoms. The maximum Gasteiger partial charge on any atom is -0.0225 e. The normalized spacial score (nSPS) is 27.1. The van der Waals surface area contributed by atoms with E-state index in [1.165, 1.54) is 18.4 Å². The van der Waals surface area contributed by atoms with Crippen LogP contribution in [-0.4, -0.2) is 0 Å². The van der Waals surface area contributed by atoms with Gasteiger partial charge in [-0.3, -0.25) is 0 Å². The molecule has 0 fully saturated rings. The summed E-state index contributed by atoms with van der Waals surface area (Å²) in [5.41, 5.74) is 3.02. The van der Waals surface area contributed by atoms with Crippen molar-refractivity contribution in [2.24, 2.45) is 5.92 Å². The molecule has 1 rings (SSSR count). The molecule has 0 saturated carbocycles. The fraction of sp³-hybridized carbons (Fsp3) is 0.556. The molecule has 0 nitrogen and oxygen atoms in total. The van der Waals surface area contributed by atoms with Gasteiger partial charge in [-0.05, 0) is 31.3 Å². The highest BCUT2D eigenvalue weighted by Gasteiger charge is 2.14. The maximum absolute atomic E-state index is 3.77. The van der Waals surface area contributed by atoms with Crippen LogP contribution in [0.4, 0.5) is 0 Å². The Hall–Kier alpha value is -0.520. The molecule has 0 aliphatic heterocycles. The second-order valence-corrected chi connectivity index (χ2v) is 2.85. The van der Waals surface area contributed by atoms with E-state index in [0.717, 1.165) is 5.92 Å². The molecule has 0 spiro atoms. The van der Waals surface area contributed by atoms with Crippen molar-refractivity contribution in [1.29, 1.82) is 0 Å². The predicted octanol–water partition coefficient (Wildman–Crippen LogP) is 2.92. The Kier molecular flexibility index (Phi) is 1.75. The van der Waals surface area contributed by atoms with Crippen LogP contribution in [0.15, 0.2) is 23.8 Å². The van der Waals surface area contributed by atoms with E-state index in [1.807, 2.05) is 6.08 Å². The zero-order valence-electron chi connectivity index (χ0n) is 6.28. The average molecular weight is 122 g/mol. The molecule has 1 atom stereocenters. The summed E-state index contributed by atoms with van der Waals surface area (Å²) in [5.74, 6) is 0.804. The molecule has 0 bridgehead atoms. The Bertz CT molecular complexity index is 151.